The summed E-state index contributed by atoms with van der Waals surface area (Å²) in [5.74, 6) is 0.778. The van der Waals surface area contributed by atoms with Crippen LogP contribution in [-0.4, -0.2) is 60.6 Å². The van der Waals surface area contributed by atoms with E-state index in [4.69, 9.17) is 0 Å². The van der Waals surface area contributed by atoms with Crippen molar-refractivity contribution in [3.63, 3.8) is 0 Å². The van der Waals surface area contributed by atoms with Crippen molar-refractivity contribution in [2.75, 3.05) is 32.8 Å². The van der Waals surface area contributed by atoms with Gasteiger partial charge in [-0.3, -0.25) is 19.5 Å². The lowest BCUT2D eigenvalue weighted by Crippen LogP contribution is -2.38. The van der Waals surface area contributed by atoms with Crippen molar-refractivity contribution < 1.29 is 14.7 Å². The summed E-state index contributed by atoms with van der Waals surface area (Å²) in [6.45, 7) is 6.98. The quantitative estimate of drug-likeness (QED) is 0.216. The predicted octanol–water partition coefficient (Wildman–Crippen LogP) is 2.42. The van der Waals surface area contributed by atoms with E-state index in [1.54, 1.807) is 24.3 Å². The second-order valence-corrected chi connectivity index (χ2v) is 7.33. The number of aliphatic hydroxyl groups is 1. The van der Waals surface area contributed by atoms with E-state index in [9.17, 15) is 14.7 Å². The molecule has 1 unspecified atom stereocenters. The van der Waals surface area contributed by atoms with E-state index in [0.29, 0.717) is 36.7 Å². The number of carbonyl (C=O) groups is 2. The molecule has 1 heterocycles. The Morgan fingerprint density at radius 1 is 1.07 bits per heavy atom. The van der Waals surface area contributed by atoms with E-state index in [0.717, 1.165) is 44.6 Å². The van der Waals surface area contributed by atoms with Crippen LogP contribution < -0.4 is 10.6 Å². The number of nitrogens with one attached hydrogen (secondary N) is 2. The molecule has 7 nitrogen and oxygen atoms in total. The Kier molecular flexibility index (Phi) is 9.64. The smallest absolute Gasteiger partial charge is 0.261 e. The molecular formula is C22H34N4O3. The topological polar surface area (TPSA) is 94.0 Å². The Morgan fingerprint density at radius 3 is 2.34 bits per heavy atom. The normalized spacial score (nSPS) is 14.9. The first-order chi connectivity index (χ1) is 14.1. The molecule has 29 heavy (non-hydrogen) atoms. The van der Waals surface area contributed by atoms with Crippen LogP contribution in [0.25, 0.3) is 0 Å². The van der Waals surface area contributed by atoms with Gasteiger partial charge < -0.3 is 15.7 Å². The minimum atomic E-state index is -0.195. The molecule has 1 aliphatic heterocycles. The van der Waals surface area contributed by atoms with E-state index in [-0.39, 0.29) is 18.4 Å². The lowest BCUT2D eigenvalue weighted by Gasteiger charge is -2.16. The van der Waals surface area contributed by atoms with Crippen LogP contribution in [0.3, 0.4) is 0 Å². The number of carbonyl (C=O) groups excluding carboxylic acids is 2. The second-order valence-electron chi connectivity index (χ2n) is 7.33. The van der Waals surface area contributed by atoms with Crippen molar-refractivity contribution in [2.24, 2.45) is 10.9 Å². The van der Waals surface area contributed by atoms with E-state index < -0.39 is 0 Å². The number of aliphatic imine (C=N–C) groups is 1. The van der Waals surface area contributed by atoms with Gasteiger partial charge >= 0.3 is 0 Å². The summed E-state index contributed by atoms with van der Waals surface area (Å²) >= 11 is 0. The Hall–Kier alpha value is -2.41. The van der Waals surface area contributed by atoms with Gasteiger partial charge in [0.05, 0.1) is 11.1 Å². The molecule has 2 amide bonds. The van der Waals surface area contributed by atoms with Crippen LogP contribution in [0.5, 0.6) is 0 Å². The van der Waals surface area contributed by atoms with Crippen LogP contribution in [0.15, 0.2) is 29.3 Å². The van der Waals surface area contributed by atoms with E-state index in [1.165, 1.54) is 4.90 Å². The van der Waals surface area contributed by atoms with E-state index in [1.807, 2.05) is 6.92 Å². The Bertz CT molecular complexity index is 664. The summed E-state index contributed by atoms with van der Waals surface area (Å²) in [6.07, 6.45) is 4.48. The number of benzene rings is 1. The molecule has 0 aliphatic carbocycles. The van der Waals surface area contributed by atoms with Gasteiger partial charge in [-0.2, -0.15) is 0 Å². The molecule has 2 rings (SSSR count). The zero-order valence-electron chi connectivity index (χ0n) is 17.6. The van der Waals surface area contributed by atoms with Crippen LogP contribution in [0.4, 0.5) is 0 Å². The van der Waals surface area contributed by atoms with Gasteiger partial charge in [-0.1, -0.05) is 25.5 Å². The summed E-state index contributed by atoms with van der Waals surface area (Å²) < 4.78 is 0. The van der Waals surface area contributed by atoms with Crippen LogP contribution in [0, 0.1) is 5.92 Å². The molecule has 0 bridgehead atoms. The van der Waals surface area contributed by atoms with Crippen molar-refractivity contribution in [1.29, 1.82) is 0 Å². The molecule has 160 valence electrons. The molecule has 1 aromatic carbocycles. The fourth-order valence-corrected chi connectivity index (χ4v) is 3.52. The Labute approximate surface area is 173 Å². The number of fused-ring (bicyclic) bond motifs is 1. The van der Waals surface area contributed by atoms with Crippen molar-refractivity contribution in [1.82, 2.24) is 15.5 Å². The number of nitrogens with zero attached hydrogens (tertiary/aromatic N) is 2. The summed E-state index contributed by atoms with van der Waals surface area (Å²) in [4.78, 5) is 30.7. The minimum absolute atomic E-state index is 0.195. The zero-order chi connectivity index (χ0) is 21.1. The van der Waals surface area contributed by atoms with Gasteiger partial charge in [0.25, 0.3) is 11.8 Å². The van der Waals surface area contributed by atoms with Crippen LogP contribution >= 0.6 is 0 Å². The summed E-state index contributed by atoms with van der Waals surface area (Å²) in [7, 11) is 0. The van der Waals surface area contributed by atoms with E-state index in [2.05, 4.69) is 22.5 Å². The van der Waals surface area contributed by atoms with Crippen molar-refractivity contribution in [2.45, 2.75) is 46.0 Å². The SMILES string of the molecule is CCCC(CCO)CN=C(NCC)NCCCCN1C(=O)c2ccccc2C1=O. The van der Waals surface area contributed by atoms with Gasteiger partial charge in [-0.25, -0.2) is 0 Å². The van der Waals surface area contributed by atoms with Gasteiger partial charge in [-0.05, 0) is 50.7 Å². The van der Waals surface area contributed by atoms with Gasteiger partial charge in [0.1, 0.15) is 0 Å². The van der Waals surface area contributed by atoms with Crippen molar-refractivity contribution in [3.8, 4) is 0 Å². The number of rotatable bonds is 12. The molecule has 0 radical (unpaired) electrons. The highest BCUT2D eigenvalue weighted by Crippen LogP contribution is 2.22. The molecule has 0 saturated carbocycles. The summed E-state index contributed by atoms with van der Waals surface area (Å²) in [6, 6.07) is 6.98. The number of aliphatic hydroxyl groups excluding tert-OH is 1. The third kappa shape index (κ3) is 6.56. The maximum Gasteiger partial charge on any atom is 0.261 e. The number of imide groups is 1. The van der Waals surface area contributed by atoms with Crippen LogP contribution in [-0.2, 0) is 0 Å². The molecule has 1 aliphatic rings. The standard InChI is InChI=1S/C22H34N4O3/c1-3-9-17(12-15-27)16-25-22(23-4-2)24-13-7-8-14-26-20(28)18-10-5-6-11-19(18)21(26)29/h5-6,10-11,17,27H,3-4,7-9,12-16H2,1-2H3,(H2,23,24,25). The largest absolute Gasteiger partial charge is 0.396 e. The van der Waals surface area contributed by atoms with Gasteiger partial charge in [0, 0.05) is 32.8 Å². The van der Waals surface area contributed by atoms with Gasteiger partial charge in [0.2, 0.25) is 0 Å². The predicted molar refractivity (Wildman–Crippen MR) is 115 cm³/mol. The monoisotopic (exact) mass is 402 g/mol. The van der Waals surface area contributed by atoms with E-state index >= 15 is 0 Å². The number of unbranched alkanes of at least 4 members (excludes halogenated alkanes) is 1. The third-order valence-electron chi connectivity index (χ3n) is 5.07. The second kappa shape index (κ2) is 12.2. The summed E-state index contributed by atoms with van der Waals surface area (Å²) in [5, 5.41) is 15.7. The highest BCUT2D eigenvalue weighted by molar-refractivity contribution is 6.21. The number of guanidine groups is 1. The average molecular weight is 403 g/mol. The van der Waals surface area contributed by atoms with Crippen molar-refractivity contribution in [3.05, 3.63) is 35.4 Å². The van der Waals surface area contributed by atoms with Crippen LogP contribution in [0.1, 0.15) is 66.7 Å². The van der Waals surface area contributed by atoms with Crippen molar-refractivity contribution >= 4 is 17.8 Å². The Balaban J connectivity index is 1.75. The molecule has 1 aromatic rings. The third-order valence-corrected chi connectivity index (χ3v) is 5.07. The molecule has 0 aromatic heterocycles. The highest BCUT2D eigenvalue weighted by atomic mass is 16.3. The average Bonchev–Trinajstić information content (AvgIpc) is 2.96. The maximum atomic E-state index is 12.4. The van der Waals surface area contributed by atoms with Gasteiger partial charge in [0.15, 0.2) is 5.96 Å². The van der Waals surface area contributed by atoms with Gasteiger partial charge in [-0.15, -0.1) is 0 Å². The number of amides is 2. The highest BCUT2D eigenvalue weighted by Gasteiger charge is 2.34. The summed E-state index contributed by atoms with van der Waals surface area (Å²) in [5.41, 5.74) is 1.00. The molecule has 0 fully saturated rings. The lowest BCUT2D eigenvalue weighted by molar-refractivity contribution is 0.0652. The first-order valence-electron chi connectivity index (χ1n) is 10.7. The number of hydrogen-bond donors (Lipinski definition) is 3. The fourth-order valence-electron chi connectivity index (χ4n) is 3.52. The molecular weight excluding hydrogens is 368 g/mol. The minimum Gasteiger partial charge on any atom is -0.396 e. The van der Waals surface area contributed by atoms with Crippen LogP contribution in [0.2, 0.25) is 0 Å². The molecule has 3 N–H and O–H groups in total. The fraction of sp³-hybridized carbons (Fsp3) is 0.591. The first kappa shape index (κ1) is 22.9. The number of hydrogen-bond acceptors (Lipinski definition) is 4. The zero-order valence-corrected chi connectivity index (χ0v) is 17.6. The maximum absolute atomic E-state index is 12.4. The Morgan fingerprint density at radius 2 is 1.76 bits per heavy atom. The first-order valence-corrected chi connectivity index (χ1v) is 10.7. The molecule has 0 saturated heterocycles. The molecule has 7 heteroatoms. The lowest BCUT2D eigenvalue weighted by atomic mass is 10.0. The molecule has 0 spiro atoms. The molecule has 1 atom stereocenters.